The number of hydrogen-bond acceptors (Lipinski definition) is 4. The van der Waals surface area contributed by atoms with E-state index in [0.29, 0.717) is 0 Å². The second kappa shape index (κ2) is 5.10. The molecule has 1 aromatic heterocycles. The fourth-order valence-electron chi connectivity index (χ4n) is 1.84. The first-order chi connectivity index (χ1) is 7.69. The molecule has 0 radical (unpaired) electrons. The number of rotatable bonds is 2. The van der Waals surface area contributed by atoms with Crippen molar-refractivity contribution in [3.8, 4) is 0 Å². The lowest BCUT2D eigenvalue weighted by Gasteiger charge is -2.32. The normalized spacial score (nSPS) is 21.2. The van der Waals surface area contributed by atoms with Crippen LogP contribution in [0.15, 0.2) is 6.07 Å². The number of nitrogens with zero attached hydrogens (tertiary/aromatic N) is 3. The monoisotopic (exact) mass is 285 g/mol. The van der Waals surface area contributed by atoms with Gasteiger partial charge in [0.25, 0.3) is 0 Å². The van der Waals surface area contributed by atoms with E-state index in [1.165, 1.54) is 0 Å². The SMILES string of the molecule is Cc1cc(C)nc(N2CCOC(CBr)C2)n1. The minimum absolute atomic E-state index is 0.234. The fraction of sp³-hybridized carbons (Fsp3) is 0.636. The highest BCUT2D eigenvalue weighted by Gasteiger charge is 2.21. The molecule has 0 aromatic carbocycles. The zero-order valence-corrected chi connectivity index (χ0v) is 11.2. The van der Waals surface area contributed by atoms with Crippen molar-refractivity contribution in [2.45, 2.75) is 20.0 Å². The first-order valence-electron chi connectivity index (χ1n) is 5.44. The first-order valence-corrected chi connectivity index (χ1v) is 6.56. The molecule has 88 valence electrons. The summed E-state index contributed by atoms with van der Waals surface area (Å²) < 4.78 is 5.60. The Labute approximate surface area is 104 Å². The lowest BCUT2D eigenvalue weighted by Crippen LogP contribution is -2.44. The number of alkyl halides is 1. The quantitative estimate of drug-likeness (QED) is 0.776. The number of halogens is 1. The minimum atomic E-state index is 0.234. The zero-order valence-electron chi connectivity index (χ0n) is 9.61. The van der Waals surface area contributed by atoms with Gasteiger partial charge in [-0.3, -0.25) is 0 Å². The van der Waals surface area contributed by atoms with Gasteiger partial charge < -0.3 is 9.64 Å². The van der Waals surface area contributed by atoms with Gasteiger partial charge in [-0.1, -0.05) is 15.9 Å². The van der Waals surface area contributed by atoms with E-state index in [0.717, 1.165) is 42.4 Å². The largest absolute Gasteiger partial charge is 0.374 e. The molecule has 1 aliphatic heterocycles. The molecule has 0 amide bonds. The van der Waals surface area contributed by atoms with Gasteiger partial charge in [0.2, 0.25) is 5.95 Å². The molecule has 16 heavy (non-hydrogen) atoms. The smallest absolute Gasteiger partial charge is 0.225 e. The molecule has 0 bridgehead atoms. The van der Waals surface area contributed by atoms with Gasteiger partial charge in [-0.15, -0.1) is 0 Å². The maximum absolute atomic E-state index is 5.60. The Bertz CT molecular complexity index is 352. The summed E-state index contributed by atoms with van der Waals surface area (Å²) in [6, 6.07) is 1.99. The van der Waals surface area contributed by atoms with Crippen LogP contribution in [0.5, 0.6) is 0 Å². The molecule has 4 nitrogen and oxygen atoms in total. The van der Waals surface area contributed by atoms with E-state index < -0.39 is 0 Å². The summed E-state index contributed by atoms with van der Waals surface area (Å²) >= 11 is 3.45. The van der Waals surface area contributed by atoms with Crippen LogP contribution in [0, 0.1) is 13.8 Å². The van der Waals surface area contributed by atoms with Crippen molar-refractivity contribution in [1.82, 2.24) is 9.97 Å². The summed E-state index contributed by atoms with van der Waals surface area (Å²) in [6.07, 6.45) is 0.234. The molecule has 1 aliphatic rings. The van der Waals surface area contributed by atoms with Gasteiger partial charge in [-0.25, -0.2) is 9.97 Å². The molecule has 1 unspecified atom stereocenters. The number of anilines is 1. The van der Waals surface area contributed by atoms with Crippen LogP contribution in [0.25, 0.3) is 0 Å². The second-order valence-corrected chi connectivity index (χ2v) is 4.69. The molecule has 2 rings (SSSR count). The van der Waals surface area contributed by atoms with Crippen molar-refractivity contribution >= 4 is 21.9 Å². The lowest BCUT2D eigenvalue weighted by molar-refractivity contribution is 0.0564. The molecular formula is C11H16BrN3O. The van der Waals surface area contributed by atoms with Crippen molar-refractivity contribution in [3.05, 3.63) is 17.5 Å². The molecule has 1 aromatic rings. The third kappa shape index (κ3) is 2.71. The van der Waals surface area contributed by atoms with Gasteiger partial charge in [0.15, 0.2) is 0 Å². The van der Waals surface area contributed by atoms with E-state index in [4.69, 9.17) is 4.74 Å². The Morgan fingerprint density at radius 1 is 1.44 bits per heavy atom. The molecule has 0 saturated carbocycles. The number of aromatic nitrogens is 2. The highest BCUT2D eigenvalue weighted by molar-refractivity contribution is 9.09. The van der Waals surface area contributed by atoms with Crippen LogP contribution in [0.4, 0.5) is 5.95 Å². The van der Waals surface area contributed by atoms with Crippen molar-refractivity contribution in [2.24, 2.45) is 0 Å². The van der Waals surface area contributed by atoms with Crippen LogP contribution in [0.2, 0.25) is 0 Å². The van der Waals surface area contributed by atoms with Gasteiger partial charge in [-0.2, -0.15) is 0 Å². The zero-order chi connectivity index (χ0) is 11.5. The molecule has 0 N–H and O–H groups in total. The van der Waals surface area contributed by atoms with Crippen LogP contribution >= 0.6 is 15.9 Å². The van der Waals surface area contributed by atoms with Crippen LogP contribution in [-0.4, -0.2) is 41.1 Å². The van der Waals surface area contributed by atoms with Crippen LogP contribution in [0.1, 0.15) is 11.4 Å². The van der Waals surface area contributed by atoms with Gasteiger partial charge in [0, 0.05) is 29.8 Å². The highest BCUT2D eigenvalue weighted by atomic mass is 79.9. The Morgan fingerprint density at radius 3 is 2.75 bits per heavy atom. The minimum Gasteiger partial charge on any atom is -0.374 e. The van der Waals surface area contributed by atoms with Gasteiger partial charge in [0.1, 0.15) is 0 Å². The second-order valence-electron chi connectivity index (χ2n) is 4.04. The van der Waals surface area contributed by atoms with Crippen molar-refractivity contribution in [2.75, 3.05) is 29.9 Å². The highest BCUT2D eigenvalue weighted by Crippen LogP contribution is 2.15. The predicted octanol–water partition coefficient (Wildman–Crippen LogP) is 1.69. The molecule has 0 spiro atoms. The Morgan fingerprint density at radius 2 is 2.12 bits per heavy atom. The van der Waals surface area contributed by atoms with E-state index in [9.17, 15) is 0 Å². The van der Waals surface area contributed by atoms with Crippen molar-refractivity contribution in [1.29, 1.82) is 0 Å². The van der Waals surface area contributed by atoms with E-state index in [-0.39, 0.29) is 6.10 Å². The summed E-state index contributed by atoms with van der Waals surface area (Å²) in [5.74, 6) is 0.826. The fourth-order valence-corrected chi connectivity index (χ4v) is 2.23. The Hall–Kier alpha value is -0.680. The summed E-state index contributed by atoms with van der Waals surface area (Å²) in [7, 11) is 0. The molecular weight excluding hydrogens is 270 g/mol. The Kier molecular flexibility index (Phi) is 3.76. The Balaban J connectivity index is 2.16. The van der Waals surface area contributed by atoms with Gasteiger partial charge in [-0.05, 0) is 19.9 Å². The molecule has 1 atom stereocenters. The predicted molar refractivity (Wildman–Crippen MR) is 67.3 cm³/mol. The van der Waals surface area contributed by atoms with Crippen LogP contribution < -0.4 is 4.90 Å². The van der Waals surface area contributed by atoms with Gasteiger partial charge >= 0.3 is 0 Å². The summed E-state index contributed by atoms with van der Waals surface area (Å²) in [5.41, 5.74) is 2.04. The standard InChI is InChI=1S/C11H16BrN3O/c1-8-5-9(2)14-11(13-8)15-3-4-16-10(6-12)7-15/h5,10H,3-4,6-7H2,1-2H3. The van der Waals surface area contributed by atoms with E-state index in [1.807, 2.05) is 19.9 Å². The average molecular weight is 286 g/mol. The molecule has 5 heteroatoms. The number of hydrogen-bond donors (Lipinski definition) is 0. The molecule has 0 aliphatic carbocycles. The van der Waals surface area contributed by atoms with Crippen molar-refractivity contribution in [3.63, 3.8) is 0 Å². The summed E-state index contributed by atoms with van der Waals surface area (Å²) in [5, 5.41) is 0.855. The van der Waals surface area contributed by atoms with Gasteiger partial charge in [0.05, 0.1) is 12.7 Å². The van der Waals surface area contributed by atoms with E-state index >= 15 is 0 Å². The van der Waals surface area contributed by atoms with Crippen LogP contribution in [0.3, 0.4) is 0 Å². The number of morpholine rings is 1. The molecule has 2 heterocycles. The average Bonchev–Trinajstić information content (AvgIpc) is 2.28. The summed E-state index contributed by atoms with van der Waals surface area (Å²) in [4.78, 5) is 11.1. The van der Waals surface area contributed by atoms with E-state index in [2.05, 4.69) is 30.8 Å². The van der Waals surface area contributed by atoms with Crippen molar-refractivity contribution < 1.29 is 4.74 Å². The summed E-state index contributed by atoms with van der Waals surface area (Å²) in [6.45, 7) is 6.47. The number of ether oxygens (including phenoxy) is 1. The van der Waals surface area contributed by atoms with Crippen LogP contribution in [-0.2, 0) is 4.74 Å². The maximum Gasteiger partial charge on any atom is 0.225 e. The topological polar surface area (TPSA) is 38.2 Å². The molecule has 1 fully saturated rings. The maximum atomic E-state index is 5.60. The lowest BCUT2D eigenvalue weighted by atomic mass is 10.3. The third-order valence-corrected chi connectivity index (χ3v) is 3.29. The molecule has 1 saturated heterocycles. The van der Waals surface area contributed by atoms with E-state index in [1.54, 1.807) is 0 Å². The third-order valence-electron chi connectivity index (χ3n) is 2.56. The first kappa shape index (κ1) is 11.8. The number of aryl methyl sites for hydroxylation is 2.